The van der Waals surface area contributed by atoms with Gasteiger partial charge in [0.2, 0.25) is 0 Å². The van der Waals surface area contributed by atoms with Crippen molar-refractivity contribution in [1.29, 1.82) is 0 Å². The first-order chi connectivity index (χ1) is 17.0. The third kappa shape index (κ3) is 4.89. The van der Waals surface area contributed by atoms with Gasteiger partial charge in [0, 0.05) is 24.0 Å². The lowest BCUT2D eigenvalue weighted by Crippen LogP contribution is -2.60. The normalized spacial score (nSPS) is 21.0. The largest absolute Gasteiger partial charge is 0.380 e. The summed E-state index contributed by atoms with van der Waals surface area (Å²) in [5.74, 6) is -1.54. The molecule has 2 amide bonds. The van der Waals surface area contributed by atoms with Gasteiger partial charge in [-0.2, -0.15) is 5.10 Å². The number of aromatic nitrogens is 2. The van der Waals surface area contributed by atoms with Crippen molar-refractivity contribution in [3.05, 3.63) is 83.1 Å². The number of hydrogen-bond acceptors (Lipinski definition) is 5. The molecule has 4 rings (SSSR count). The van der Waals surface area contributed by atoms with Crippen molar-refractivity contribution < 1.29 is 19.8 Å². The summed E-state index contributed by atoms with van der Waals surface area (Å²) in [5, 5.41) is 29.3. The van der Waals surface area contributed by atoms with Crippen molar-refractivity contribution in [2.75, 3.05) is 6.54 Å². The average Bonchev–Trinajstić information content (AvgIpc) is 3.54. The Morgan fingerprint density at radius 2 is 1.92 bits per heavy atom. The molecule has 190 valence electrons. The van der Waals surface area contributed by atoms with Gasteiger partial charge in [0.1, 0.15) is 0 Å². The van der Waals surface area contributed by atoms with Gasteiger partial charge in [-0.15, -0.1) is 0 Å². The van der Waals surface area contributed by atoms with Gasteiger partial charge in [0.15, 0.2) is 11.7 Å². The third-order valence-electron chi connectivity index (χ3n) is 7.09. The number of carbonyl (C=O) groups excluding carboxylic acids is 2. The van der Waals surface area contributed by atoms with E-state index in [1.54, 1.807) is 29.9 Å². The molecule has 1 fully saturated rings. The van der Waals surface area contributed by atoms with Crippen LogP contribution in [0, 0.1) is 0 Å². The van der Waals surface area contributed by atoms with Crippen LogP contribution < -0.4 is 5.32 Å². The zero-order valence-corrected chi connectivity index (χ0v) is 21.3. The van der Waals surface area contributed by atoms with Crippen LogP contribution in [0.25, 0.3) is 5.69 Å². The van der Waals surface area contributed by atoms with Crippen LogP contribution in [0.5, 0.6) is 0 Å². The predicted octanol–water partition coefficient (Wildman–Crippen LogP) is 3.35. The summed E-state index contributed by atoms with van der Waals surface area (Å²) in [5.41, 5.74) is -0.547. The molecule has 0 spiro atoms. The molecule has 9 heteroatoms. The van der Waals surface area contributed by atoms with E-state index >= 15 is 0 Å². The van der Waals surface area contributed by atoms with E-state index in [1.807, 2.05) is 55.6 Å². The lowest BCUT2D eigenvalue weighted by Gasteiger charge is -2.39. The molecule has 3 N–H and O–H groups in total. The molecule has 4 atom stereocenters. The Morgan fingerprint density at radius 1 is 1.19 bits per heavy atom. The predicted molar refractivity (Wildman–Crippen MR) is 137 cm³/mol. The van der Waals surface area contributed by atoms with E-state index in [2.05, 4.69) is 10.4 Å². The standard InChI is InChI=1S/C27H31ClN4O4/c1-18(19-9-11-22(12-10-19)32-16-6-14-29-32)30-25(35)27(3,36)23(33)24(34)31-15-5-13-26(31,2)20-7-4-8-21(28)17-20/h4,6-12,14,16-18,23,33,36H,5,13,15H2,1-3H3,(H,30,35)/t18-,23+,26?,27-/m1/s1. The van der Waals surface area contributed by atoms with E-state index in [4.69, 9.17) is 11.6 Å². The van der Waals surface area contributed by atoms with Gasteiger partial charge >= 0.3 is 0 Å². The molecule has 1 unspecified atom stereocenters. The molecule has 0 radical (unpaired) electrons. The Labute approximate surface area is 215 Å². The molecule has 1 saturated heterocycles. The summed E-state index contributed by atoms with van der Waals surface area (Å²) in [4.78, 5) is 27.9. The highest BCUT2D eigenvalue weighted by molar-refractivity contribution is 6.30. The monoisotopic (exact) mass is 510 g/mol. The molecule has 1 aromatic heterocycles. The molecular formula is C27H31ClN4O4. The minimum absolute atomic E-state index is 0.398. The number of carbonyl (C=O) groups is 2. The van der Waals surface area contributed by atoms with E-state index in [1.165, 1.54) is 4.90 Å². The number of hydrogen-bond donors (Lipinski definition) is 3. The maximum atomic E-state index is 13.4. The number of nitrogens with one attached hydrogen (secondary N) is 1. The Morgan fingerprint density at radius 3 is 2.56 bits per heavy atom. The van der Waals surface area contributed by atoms with Crippen molar-refractivity contribution >= 4 is 23.4 Å². The van der Waals surface area contributed by atoms with Gasteiger partial charge in [0.05, 0.1) is 17.3 Å². The average molecular weight is 511 g/mol. The number of halogens is 1. The number of aliphatic hydroxyl groups is 2. The minimum atomic E-state index is -2.34. The molecule has 1 aliphatic rings. The van der Waals surface area contributed by atoms with Gasteiger partial charge in [0.25, 0.3) is 11.8 Å². The first kappa shape index (κ1) is 25.9. The van der Waals surface area contributed by atoms with E-state index in [0.717, 1.165) is 30.2 Å². The smallest absolute Gasteiger partial charge is 0.255 e. The number of benzene rings is 2. The molecular weight excluding hydrogens is 480 g/mol. The topological polar surface area (TPSA) is 108 Å². The highest BCUT2D eigenvalue weighted by Crippen LogP contribution is 2.40. The van der Waals surface area contributed by atoms with Gasteiger partial charge in [-0.1, -0.05) is 35.9 Å². The number of likely N-dealkylation sites (tertiary alicyclic amines) is 1. The summed E-state index contributed by atoms with van der Waals surface area (Å²) in [6, 6.07) is 16.0. The second-order valence-electron chi connectivity index (χ2n) is 9.67. The van der Waals surface area contributed by atoms with Crippen LogP contribution in [-0.2, 0) is 15.1 Å². The van der Waals surface area contributed by atoms with Crippen LogP contribution in [0.15, 0.2) is 67.0 Å². The highest BCUT2D eigenvalue weighted by atomic mass is 35.5. The highest BCUT2D eigenvalue weighted by Gasteiger charge is 2.49. The zero-order chi connectivity index (χ0) is 26.1. The number of amides is 2. The van der Waals surface area contributed by atoms with Crippen LogP contribution in [-0.4, -0.2) is 55.0 Å². The van der Waals surface area contributed by atoms with E-state index in [-0.39, 0.29) is 0 Å². The maximum Gasteiger partial charge on any atom is 0.255 e. The van der Waals surface area contributed by atoms with Crippen molar-refractivity contribution in [1.82, 2.24) is 20.0 Å². The van der Waals surface area contributed by atoms with E-state index in [0.29, 0.717) is 18.0 Å². The molecule has 1 aliphatic heterocycles. The Bertz CT molecular complexity index is 1230. The van der Waals surface area contributed by atoms with Crippen molar-refractivity contribution in [2.24, 2.45) is 0 Å². The number of aliphatic hydroxyl groups excluding tert-OH is 1. The molecule has 0 bridgehead atoms. The SMILES string of the molecule is C[C@@H](NC(=O)[C@](C)(O)[C@@H](O)C(=O)N1CCCC1(C)c1cccc(Cl)c1)c1ccc(-n2cccn2)cc1. The molecule has 0 saturated carbocycles. The lowest BCUT2D eigenvalue weighted by molar-refractivity contribution is -0.168. The molecule has 2 aromatic carbocycles. The molecule has 8 nitrogen and oxygen atoms in total. The zero-order valence-electron chi connectivity index (χ0n) is 20.6. The first-order valence-electron chi connectivity index (χ1n) is 11.9. The first-order valence-corrected chi connectivity index (χ1v) is 12.3. The third-order valence-corrected chi connectivity index (χ3v) is 7.32. The summed E-state index contributed by atoms with van der Waals surface area (Å²) in [6.45, 7) is 5.22. The molecule has 0 aliphatic carbocycles. The Kier molecular flexibility index (Phi) is 7.22. The molecule has 36 heavy (non-hydrogen) atoms. The van der Waals surface area contributed by atoms with Gasteiger partial charge in [-0.25, -0.2) is 4.68 Å². The summed E-state index contributed by atoms with van der Waals surface area (Å²) >= 11 is 6.17. The summed E-state index contributed by atoms with van der Waals surface area (Å²) in [7, 11) is 0. The van der Waals surface area contributed by atoms with Gasteiger partial charge < -0.3 is 20.4 Å². The van der Waals surface area contributed by atoms with Gasteiger partial charge in [-0.05, 0) is 75.1 Å². The van der Waals surface area contributed by atoms with Crippen LogP contribution in [0.3, 0.4) is 0 Å². The molecule has 2 heterocycles. The molecule has 3 aromatic rings. The van der Waals surface area contributed by atoms with Crippen molar-refractivity contribution in [2.45, 2.75) is 56.9 Å². The number of rotatable bonds is 7. The second kappa shape index (κ2) is 10.0. The van der Waals surface area contributed by atoms with Gasteiger partial charge in [-0.3, -0.25) is 9.59 Å². The van der Waals surface area contributed by atoms with Crippen LogP contribution >= 0.6 is 11.6 Å². The van der Waals surface area contributed by atoms with Crippen molar-refractivity contribution in [3.8, 4) is 5.69 Å². The quantitative estimate of drug-likeness (QED) is 0.452. The van der Waals surface area contributed by atoms with Crippen LogP contribution in [0.4, 0.5) is 0 Å². The fourth-order valence-corrected chi connectivity index (χ4v) is 4.91. The van der Waals surface area contributed by atoms with Crippen LogP contribution in [0.1, 0.15) is 50.8 Å². The second-order valence-corrected chi connectivity index (χ2v) is 10.1. The van der Waals surface area contributed by atoms with E-state index in [9.17, 15) is 19.8 Å². The Hall–Kier alpha value is -3.20. The van der Waals surface area contributed by atoms with Crippen LogP contribution in [0.2, 0.25) is 5.02 Å². The minimum Gasteiger partial charge on any atom is -0.380 e. The fourth-order valence-electron chi connectivity index (χ4n) is 4.72. The maximum absolute atomic E-state index is 13.4. The fraction of sp³-hybridized carbons (Fsp3) is 0.370. The van der Waals surface area contributed by atoms with Crippen molar-refractivity contribution in [3.63, 3.8) is 0 Å². The van der Waals surface area contributed by atoms with E-state index < -0.39 is 35.1 Å². The Balaban J connectivity index is 1.46. The lowest BCUT2D eigenvalue weighted by atomic mass is 9.88. The summed E-state index contributed by atoms with van der Waals surface area (Å²) < 4.78 is 1.72. The number of nitrogens with zero attached hydrogens (tertiary/aromatic N) is 3. The summed E-state index contributed by atoms with van der Waals surface area (Å²) in [6.07, 6.45) is 2.97.